The second-order valence-corrected chi connectivity index (χ2v) is 8.07. The molecule has 1 aliphatic heterocycles. The molecule has 0 saturated heterocycles. The Kier molecular flexibility index (Phi) is 4.64. The summed E-state index contributed by atoms with van der Waals surface area (Å²) >= 11 is 0. The van der Waals surface area contributed by atoms with Gasteiger partial charge in [-0.25, -0.2) is 13.1 Å². The molecule has 0 saturated carbocycles. The summed E-state index contributed by atoms with van der Waals surface area (Å²) in [6.07, 6.45) is 1.45. The lowest BCUT2D eigenvalue weighted by molar-refractivity contribution is -0.136. The Morgan fingerprint density at radius 1 is 1.31 bits per heavy atom. The highest BCUT2D eigenvalue weighted by molar-refractivity contribution is 7.90. The number of sulfone groups is 1. The smallest absolute Gasteiger partial charge is 0.314 e. The summed E-state index contributed by atoms with van der Waals surface area (Å²) < 4.78 is 25.3. The molecule has 0 radical (unpaired) electrons. The number of aromatic nitrogens is 2. The quantitative estimate of drug-likeness (QED) is 0.609. The molecular formula is C17H18N4O4S. The van der Waals surface area contributed by atoms with Crippen molar-refractivity contribution >= 4 is 27.5 Å². The van der Waals surface area contributed by atoms with Crippen LogP contribution in [0.1, 0.15) is 16.8 Å². The van der Waals surface area contributed by atoms with Crippen LogP contribution in [0.25, 0.3) is 5.69 Å². The topological polar surface area (TPSA) is 110 Å². The summed E-state index contributed by atoms with van der Waals surface area (Å²) in [6.45, 7) is 5.52. The predicted molar refractivity (Wildman–Crippen MR) is 96.5 cm³/mol. The number of hydrogen-bond donors (Lipinski definition) is 2. The third-order valence-corrected chi connectivity index (χ3v) is 5.32. The van der Waals surface area contributed by atoms with E-state index in [0.29, 0.717) is 16.9 Å². The van der Waals surface area contributed by atoms with Crippen molar-refractivity contribution in [1.82, 2.24) is 15.1 Å². The number of benzene rings is 1. The number of carbonyl (C=O) groups is 2. The number of nitrogens with one attached hydrogen (secondary N) is 2. The molecule has 2 N–H and O–H groups in total. The van der Waals surface area contributed by atoms with Crippen molar-refractivity contribution in [3.63, 3.8) is 0 Å². The van der Waals surface area contributed by atoms with E-state index in [4.69, 9.17) is 0 Å². The zero-order chi connectivity index (χ0) is 18.9. The summed E-state index contributed by atoms with van der Waals surface area (Å²) in [5, 5.41) is 9.23. The number of carbonyl (C=O) groups excluding carboxylic acids is 2. The maximum Gasteiger partial charge on any atom is 0.314 e. The minimum absolute atomic E-state index is 0.149. The second-order valence-electron chi connectivity index (χ2n) is 6.01. The van der Waals surface area contributed by atoms with Crippen LogP contribution in [0.3, 0.4) is 0 Å². The van der Waals surface area contributed by atoms with Crippen LogP contribution < -0.4 is 10.6 Å². The molecule has 3 rings (SSSR count). The zero-order valence-electron chi connectivity index (χ0n) is 14.2. The SMILES string of the molecule is C=CCNC(=O)C(=O)Nc1c2c(nn1-c1cccc(C)c1)CS(=O)(=O)C2. The predicted octanol–water partition coefficient (Wildman–Crippen LogP) is 0.850. The minimum atomic E-state index is -3.30. The van der Waals surface area contributed by atoms with Crippen LogP contribution in [0.5, 0.6) is 0 Å². The van der Waals surface area contributed by atoms with E-state index in [-0.39, 0.29) is 23.9 Å². The van der Waals surface area contributed by atoms with E-state index in [0.717, 1.165) is 5.56 Å². The Hall–Kier alpha value is -2.94. The Bertz CT molecular complexity index is 1010. The second kappa shape index (κ2) is 6.75. The molecule has 2 heterocycles. The number of fused-ring (bicyclic) bond motifs is 1. The van der Waals surface area contributed by atoms with Crippen molar-refractivity contribution in [2.45, 2.75) is 18.4 Å². The van der Waals surface area contributed by atoms with Crippen LogP contribution in [0, 0.1) is 6.92 Å². The molecule has 1 aromatic heterocycles. The van der Waals surface area contributed by atoms with E-state index in [1.165, 1.54) is 10.8 Å². The highest BCUT2D eigenvalue weighted by Gasteiger charge is 2.33. The lowest BCUT2D eigenvalue weighted by Gasteiger charge is -2.11. The highest BCUT2D eigenvalue weighted by Crippen LogP contribution is 2.33. The van der Waals surface area contributed by atoms with Gasteiger partial charge in [0.25, 0.3) is 0 Å². The van der Waals surface area contributed by atoms with Gasteiger partial charge in [0.2, 0.25) is 0 Å². The molecule has 0 atom stereocenters. The molecule has 1 aromatic carbocycles. The first-order valence-electron chi connectivity index (χ1n) is 7.89. The van der Waals surface area contributed by atoms with Crippen LogP contribution in [-0.2, 0) is 30.9 Å². The van der Waals surface area contributed by atoms with E-state index in [1.807, 2.05) is 25.1 Å². The Morgan fingerprint density at radius 2 is 2.08 bits per heavy atom. The van der Waals surface area contributed by atoms with E-state index in [1.54, 1.807) is 6.07 Å². The van der Waals surface area contributed by atoms with E-state index in [9.17, 15) is 18.0 Å². The fraction of sp³-hybridized carbons (Fsp3) is 0.235. The monoisotopic (exact) mass is 374 g/mol. The van der Waals surface area contributed by atoms with Gasteiger partial charge in [0.05, 0.1) is 22.9 Å². The first-order chi connectivity index (χ1) is 12.3. The average Bonchev–Trinajstić information content (AvgIpc) is 3.05. The maximum atomic E-state index is 12.2. The molecule has 8 nitrogen and oxygen atoms in total. The van der Waals surface area contributed by atoms with Crippen molar-refractivity contribution in [3.8, 4) is 5.69 Å². The van der Waals surface area contributed by atoms with Gasteiger partial charge in [-0.3, -0.25) is 9.59 Å². The standard InChI is InChI=1S/C17H18N4O4S/c1-3-7-18-16(22)17(23)19-15-13-9-26(24,25)10-14(13)20-21(15)12-6-4-5-11(2)8-12/h3-6,8H,1,7,9-10H2,2H3,(H,18,22)(H,19,23). The number of nitrogens with zero attached hydrogens (tertiary/aromatic N) is 2. The third-order valence-electron chi connectivity index (χ3n) is 3.88. The molecule has 0 spiro atoms. The molecule has 2 aromatic rings. The van der Waals surface area contributed by atoms with E-state index < -0.39 is 21.7 Å². The molecule has 0 unspecified atom stereocenters. The van der Waals surface area contributed by atoms with Gasteiger partial charge in [0.15, 0.2) is 9.84 Å². The molecule has 0 fully saturated rings. The van der Waals surface area contributed by atoms with Gasteiger partial charge in [-0.15, -0.1) is 6.58 Å². The summed E-state index contributed by atoms with van der Waals surface area (Å²) in [5.41, 5.74) is 2.44. The van der Waals surface area contributed by atoms with Gasteiger partial charge in [0, 0.05) is 12.1 Å². The zero-order valence-corrected chi connectivity index (χ0v) is 15.0. The molecule has 0 bridgehead atoms. The van der Waals surface area contributed by atoms with Crippen molar-refractivity contribution in [1.29, 1.82) is 0 Å². The summed E-state index contributed by atoms with van der Waals surface area (Å²) in [7, 11) is -3.30. The Morgan fingerprint density at radius 3 is 2.77 bits per heavy atom. The molecule has 0 aliphatic carbocycles. The van der Waals surface area contributed by atoms with Gasteiger partial charge in [-0.1, -0.05) is 18.2 Å². The van der Waals surface area contributed by atoms with E-state index in [2.05, 4.69) is 22.3 Å². The van der Waals surface area contributed by atoms with Gasteiger partial charge in [0.1, 0.15) is 5.82 Å². The molecular weight excluding hydrogens is 356 g/mol. The van der Waals surface area contributed by atoms with Crippen molar-refractivity contribution in [3.05, 3.63) is 53.7 Å². The van der Waals surface area contributed by atoms with Gasteiger partial charge >= 0.3 is 11.8 Å². The Balaban J connectivity index is 2.00. The molecule has 136 valence electrons. The van der Waals surface area contributed by atoms with Crippen molar-refractivity contribution in [2.75, 3.05) is 11.9 Å². The average molecular weight is 374 g/mol. The number of rotatable bonds is 4. The summed E-state index contributed by atoms with van der Waals surface area (Å²) in [4.78, 5) is 24.0. The van der Waals surface area contributed by atoms with Crippen LogP contribution in [-0.4, -0.2) is 36.6 Å². The minimum Gasteiger partial charge on any atom is -0.344 e. The number of anilines is 1. The van der Waals surface area contributed by atoms with Crippen LogP contribution in [0.2, 0.25) is 0 Å². The van der Waals surface area contributed by atoms with Crippen LogP contribution in [0.15, 0.2) is 36.9 Å². The van der Waals surface area contributed by atoms with Crippen molar-refractivity contribution < 1.29 is 18.0 Å². The lowest BCUT2D eigenvalue weighted by atomic mass is 10.2. The fourth-order valence-corrected chi connectivity index (χ4v) is 4.22. The Labute approximate surface area is 150 Å². The number of hydrogen-bond acceptors (Lipinski definition) is 5. The maximum absolute atomic E-state index is 12.2. The lowest BCUT2D eigenvalue weighted by Crippen LogP contribution is -2.36. The largest absolute Gasteiger partial charge is 0.344 e. The molecule has 2 amide bonds. The highest BCUT2D eigenvalue weighted by atomic mass is 32.2. The van der Waals surface area contributed by atoms with Gasteiger partial charge < -0.3 is 10.6 Å². The fourth-order valence-electron chi connectivity index (χ4n) is 2.73. The first-order valence-corrected chi connectivity index (χ1v) is 9.71. The molecule has 9 heteroatoms. The third kappa shape index (κ3) is 3.52. The number of amides is 2. The summed E-state index contributed by atoms with van der Waals surface area (Å²) in [6, 6.07) is 7.38. The molecule has 1 aliphatic rings. The van der Waals surface area contributed by atoms with Crippen LogP contribution >= 0.6 is 0 Å². The van der Waals surface area contributed by atoms with Gasteiger partial charge in [-0.2, -0.15) is 5.10 Å². The van der Waals surface area contributed by atoms with Crippen molar-refractivity contribution in [2.24, 2.45) is 0 Å². The van der Waals surface area contributed by atoms with Gasteiger partial charge in [-0.05, 0) is 24.6 Å². The molecule has 26 heavy (non-hydrogen) atoms. The van der Waals surface area contributed by atoms with E-state index >= 15 is 0 Å². The first kappa shape index (κ1) is 17.9. The van der Waals surface area contributed by atoms with Crippen LogP contribution in [0.4, 0.5) is 5.82 Å². The normalized spacial score (nSPS) is 14.5. The summed E-state index contributed by atoms with van der Waals surface area (Å²) in [5.74, 6) is -1.94. The number of aryl methyl sites for hydroxylation is 1.